The molecule has 142 valence electrons. The number of methoxy groups -OCH3 is 2. The molecule has 0 saturated heterocycles. The van der Waals surface area contributed by atoms with E-state index in [1.165, 1.54) is 11.3 Å². The molecular weight excluding hydrogens is 374 g/mol. The standard InChI is InChI=1S/C21H19N3O3S/c1-26-16-8-9-19(27-2)17(11-16)22-20(25)10-15-13-28-21-23-18(12-24(15)21)14-6-4-3-5-7-14/h3-9,11-13H,10H2,1-2H3,(H,22,25). The number of rotatable bonds is 6. The van der Waals surface area contributed by atoms with Crippen molar-refractivity contribution >= 4 is 27.9 Å². The average Bonchev–Trinajstić information content (AvgIpc) is 3.30. The lowest BCUT2D eigenvalue weighted by molar-refractivity contribution is -0.115. The largest absolute Gasteiger partial charge is 0.497 e. The van der Waals surface area contributed by atoms with Crippen LogP contribution >= 0.6 is 11.3 Å². The fraction of sp³-hybridized carbons (Fsp3) is 0.143. The van der Waals surface area contributed by atoms with E-state index >= 15 is 0 Å². The van der Waals surface area contributed by atoms with Crippen LogP contribution < -0.4 is 14.8 Å². The predicted molar refractivity (Wildman–Crippen MR) is 110 cm³/mol. The van der Waals surface area contributed by atoms with E-state index in [0.717, 1.165) is 21.9 Å². The minimum Gasteiger partial charge on any atom is -0.497 e. The van der Waals surface area contributed by atoms with E-state index in [1.807, 2.05) is 46.3 Å². The topological polar surface area (TPSA) is 64.9 Å². The van der Waals surface area contributed by atoms with Gasteiger partial charge in [-0.1, -0.05) is 30.3 Å². The molecule has 6 nitrogen and oxygen atoms in total. The Bertz CT molecular complexity index is 1120. The first-order valence-corrected chi connectivity index (χ1v) is 9.58. The third kappa shape index (κ3) is 3.57. The molecule has 0 aliphatic rings. The Hall–Kier alpha value is -3.32. The molecule has 2 aromatic heterocycles. The number of ether oxygens (including phenoxy) is 2. The molecule has 0 spiro atoms. The third-order valence-corrected chi connectivity index (χ3v) is 5.26. The van der Waals surface area contributed by atoms with E-state index in [2.05, 4.69) is 10.3 Å². The molecule has 0 bridgehead atoms. The molecule has 0 unspecified atom stereocenters. The van der Waals surface area contributed by atoms with Crippen LogP contribution in [0.3, 0.4) is 0 Å². The van der Waals surface area contributed by atoms with Gasteiger partial charge in [-0.3, -0.25) is 9.20 Å². The van der Waals surface area contributed by atoms with Crippen molar-refractivity contribution in [2.24, 2.45) is 0 Å². The Kier molecular flexibility index (Phi) is 4.99. The van der Waals surface area contributed by atoms with Crippen molar-refractivity contribution in [2.75, 3.05) is 19.5 Å². The van der Waals surface area contributed by atoms with E-state index < -0.39 is 0 Å². The zero-order chi connectivity index (χ0) is 19.5. The van der Waals surface area contributed by atoms with Crippen molar-refractivity contribution in [1.82, 2.24) is 9.38 Å². The van der Waals surface area contributed by atoms with Gasteiger partial charge in [0.25, 0.3) is 0 Å². The number of carbonyl (C=O) groups excluding carboxylic acids is 1. The van der Waals surface area contributed by atoms with Crippen LogP contribution in [0, 0.1) is 0 Å². The number of nitrogens with one attached hydrogen (secondary N) is 1. The van der Waals surface area contributed by atoms with Crippen molar-refractivity contribution in [1.29, 1.82) is 0 Å². The van der Waals surface area contributed by atoms with Crippen molar-refractivity contribution in [3.63, 3.8) is 0 Å². The normalized spacial score (nSPS) is 10.8. The molecule has 0 atom stereocenters. The number of thiazole rings is 1. The maximum Gasteiger partial charge on any atom is 0.230 e. The van der Waals surface area contributed by atoms with Gasteiger partial charge in [0.05, 0.1) is 32.0 Å². The minimum absolute atomic E-state index is 0.138. The fourth-order valence-electron chi connectivity index (χ4n) is 2.98. The van der Waals surface area contributed by atoms with Gasteiger partial charge in [0, 0.05) is 28.9 Å². The smallest absolute Gasteiger partial charge is 0.230 e. The number of hydrogen-bond acceptors (Lipinski definition) is 5. The Morgan fingerprint density at radius 2 is 1.96 bits per heavy atom. The Balaban J connectivity index is 1.55. The fourth-order valence-corrected chi connectivity index (χ4v) is 3.85. The highest BCUT2D eigenvalue weighted by molar-refractivity contribution is 7.15. The van der Waals surface area contributed by atoms with Crippen molar-refractivity contribution in [3.8, 4) is 22.8 Å². The summed E-state index contributed by atoms with van der Waals surface area (Å²) in [5.41, 5.74) is 3.40. The molecule has 7 heteroatoms. The lowest BCUT2D eigenvalue weighted by Gasteiger charge is -2.11. The molecule has 0 aliphatic heterocycles. The number of benzene rings is 2. The number of fused-ring (bicyclic) bond motifs is 1. The average molecular weight is 393 g/mol. The minimum atomic E-state index is -0.138. The van der Waals surface area contributed by atoms with Gasteiger partial charge in [-0.25, -0.2) is 4.98 Å². The molecule has 1 N–H and O–H groups in total. The van der Waals surface area contributed by atoms with Crippen LogP contribution in [-0.4, -0.2) is 29.5 Å². The van der Waals surface area contributed by atoms with Gasteiger partial charge in [-0.15, -0.1) is 11.3 Å². The van der Waals surface area contributed by atoms with E-state index in [4.69, 9.17) is 9.47 Å². The highest BCUT2D eigenvalue weighted by Crippen LogP contribution is 2.29. The molecule has 0 saturated carbocycles. The van der Waals surface area contributed by atoms with Crippen LogP contribution in [0.1, 0.15) is 5.69 Å². The number of carbonyl (C=O) groups is 1. The van der Waals surface area contributed by atoms with Gasteiger partial charge >= 0.3 is 0 Å². The third-order valence-electron chi connectivity index (χ3n) is 4.38. The molecule has 0 aliphatic carbocycles. The van der Waals surface area contributed by atoms with Gasteiger partial charge in [0.15, 0.2) is 4.96 Å². The Morgan fingerprint density at radius 3 is 2.71 bits per heavy atom. The number of hydrogen-bond donors (Lipinski definition) is 1. The second kappa shape index (κ2) is 7.74. The van der Waals surface area contributed by atoms with Gasteiger partial charge < -0.3 is 14.8 Å². The molecule has 0 fully saturated rings. The van der Waals surface area contributed by atoms with Crippen LogP contribution in [-0.2, 0) is 11.2 Å². The Morgan fingerprint density at radius 1 is 1.14 bits per heavy atom. The van der Waals surface area contributed by atoms with Crippen molar-refractivity contribution in [3.05, 3.63) is 65.8 Å². The summed E-state index contributed by atoms with van der Waals surface area (Å²) in [5.74, 6) is 1.09. The molecule has 4 aromatic rings. The predicted octanol–water partition coefficient (Wildman–Crippen LogP) is 4.26. The van der Waals surface area contributed by atoms with Crippen molar-refractivity contribution < 1.29 is 14.3 Å². The first-order chi connectivity index (χ1) is 13.7. The number of aromatic nitrogens is 2. The van der Waals surface area contributed by atoms with E-state index in [-0.39, 0.29) is 12.3 Å². The van der Waals surface area contributed by atoms with Crippen LogP contribution in [0.25, 0.3) is 16.2 Å². The quantitative estimate of drug-likeness (QED) is 0.532. The molecule has 2 aromatic carbocycles. The summed E-state index contributed by atoms with van der Waals surface area (Å²) in [6.07, 6.45) is 2.20. The maximum absolute atomic E-state index is 12.6. The van der Waals surface area contributed by atoms with Crippen LogP contribution in [0.4, 0.5) is 5.69 Å². The number of nitrogens with zero attached hydrogens (tertiary/aromatic N) is 2. The van der Waals surface area contributed by atoms with Gasteiger partial charge in [-0.2, -0.15) is 0 Å². The second-order valence-corrected chi connectivity index (χ2v) is 7.00. The zero-order valence-electron chi connectivity index (χ0n) is 15.5. The molecule has 4 rings (SSSR count). The lowest BCUT2D eigenvalue weighted by Crippen LogP contribution is -2.16. The molecule has 2 heterocycles. The van der Waals surface area contributed by atoms with Gasteiger partial charge in [0.1, 0.15) is 11.5 Å². The van der Waals surface area contributed by atoms with E-state index in [1.54, 1.807) is 32.4 Å². The summed E-state index contributed by atoms with van der Waals surface area (Å²) in [6.45, 7) is 0. The van der Waals surface area contributed by atoms with Crippen LogP contribution in [0.5, 0.6) is 11.5 Å². The summed E-state index contributed by atoms with van der Waals surface area (Å²) in [5, 5.41) is 4.86. The second-order valence-electron chi connectivity index (χ2n) is 6.16. The number of amides is 1. The van der Waals surface area contributed by atoms with E-state index in [0.29, 0.717) is 17.2 Å². The first-order valence-electron chi connectivity index (χ1n) is 8.70. The number of anilines is 1. The summed E-state index contributed by atoms with van der Waals surface area (Å²) in [6, 6.07) is 15.3. The van der Waals surface area contributed by atoms with Crippen molar-refractivity contribution in [2.45, 2.75) is 6.42 Å². The zero-order valence-corrected chi connectivity index (χ0v) is 16.3. The Labute approximate surface area is 166 Å². The van der Waals surface area contributed by atoms with E-state index in [9.17, 15) is 4.79 Å². The lowest BCUT2D eigenvalue weighted by atomic mass is 10.2. The molecule has 0 radical (unpaired) electrons. The maximum atomic E-state index is 12.6. The van der Waals surface area contributed by atoms with Gasteiger partial charge in [0.2, 0.25) is 5.91 Å². The van der Waals surface area contributed by atoms with Crippen LogP contribution in [0.2, 0.25) is 0 Å². The summed E-state index contributed by atoms with van der Waals surface area (Å²) in [4.78, 5) is 18.2. The highest BCUT2D eigenvalue weighted by atomic mass is 32.1. The number of imidazole rings is 1. The summed E-state index contributed by atoms with van der Waals surface area (Å²) < 4.78 is 12.5. The SMILES string of the molecule is COc1ccc(OC)c(NC(=O)Cc2csc3nc(-c4ccccc4)cn23)c1. The molecular formula is C21H19N3O3S. The van der Waals surface area contributed by atoms with Gasteiger partial charge in [-0.05, 0) is 12.1 Å². The molecule has 1 amide bonds. The molecule has 28 heavy (non-hydrogen) atoms. The summed E-state index contributed by atoms with van der Waals surface area (Å²) in [7, 11) is 3.15. The monoisotopic (exact) mass is 393 g/mol. The summed E-state index contributed by atoms with van der Waals surface area (Å²) >= 11 is 1.52. The highest BCUT2D eigenvalue weighted by Gasteiger charge is 2.14. The van der Waals surface area contributed by atoms with Crippen LogP contribution in [0.15, 0.2) is 60.1 Å². The first kappa shape index (κ1) is 18.1.